The third-order valence-electron chi connectivity index (χ3n) is 3.86. The van der Waals surface area contributed by atoms with Gasteiger partial charge in [-0.1, -0.05) is 15.9 Å². The van der Waals surface area contributed by atoms with Gasteiger partial charge in [0.05, 0.1) is 6.10 Å². The van der Waals surface area contributed by atoms with Crippen LogP contribution in [0.2, 0.25) is 0 Å². The normalized spacial score (nSPS) is 30.5. The molecule has 98 valence electrons. The van der Waals surface area contributed by atoms with Gasteiger partial charge in [-0.3, -0.25) is 0 Å². The quantitative estimate of drug-likeness (QED) is 0.905. The zero-order valence-corrected chi connectivity index (χ0v) is 11.3. The fourth-order valence-electron chi connectivity index (χ4n) is 3.02. The molecule has 1 aliphatic carbocycles. The molecule has 1 heterocycles. The van der Waals surface area contributed by atoms with Crippen molar-refractivity contribution in [1.29, 1.82) is 0 Å². The van der Waals surface area contributed by atoms with Crippen LogP contribution in [-0.4, -0.2) is 19.2 Å². The molecule has 0 spiro atoms. The molecule has 0 aromatic heterocycles. The monoisotopic (exact) mass is 317 g/mol. The van der Waals surface area contributed by atoms with Crippen molar-refractivity contribution in [1.82, 2.24) is 5.32 Å². The first kappa shape index (κ1) is 12.4. The average molecular weight is 318 g/mol. The van der Waals surface area contributed by atoms with E-state index in [1.54, 1.807) is 0 Å². The first-order chi connectivity index (χ1) is 8.63. The second-order valence-electron chi connectivity index (χ2n) is 5.09. The minimum Gasteiger partial charge on any atom is -0.484 e. The van der Waals surface area contributed by atoms with E-state index in [0.717, 1.165) is 25.9 Å². The number of ether oxygens (including phenoxy) is 1. The molecule has 1 saturated carbocycles. The van der Waals surface area contributed by atoms with E-state index in [1.165, 1.54) is 12.1 Å². The lowest BCUT2D eigenvalue weighted by atomic mass is 10.0. The van der Waals surface area contributed by atoms with E-state index < -0.39 is 11.6 Å². The Morgan fingerprint density at radius 3 is 2.22 bits per heavy atom. The largest absolute Gasteiger partial charge is 0.484 e. The van der Waals surface area contributed by atoms with E-state index in [1.807, 2.05) is 0 Å². The standard InChI is InChI=1S/C13H14BrF2NO/c14-9-3-11(15)13(12(16)4-9)18-10-1-7-5-17-6-8(7)2-10/h3-4,7-8,10,17H,1-2,5-6H2. The van der Waals surface area contributed by atoms with E-state index in [2.05, 4.69) is 21.2 Å². The summed E-state index contributed by atoms with van der Waals surface area (Å²) in [4.78, 5) is 0. The molecule has 0 radical (unpaired) electrons. The van der Waals surface area contributed by atoms with Crippen LogP contribution < -0.4 is 10.1 Å². The molecular formula is C13H14BrF2NO. The molecule has 0 bridgehead atoms. The van der Waals surface area contributed by atoms with Crippen LogP contribution >= 0.6 is 15.9 Å². The molecule has 0 amide bonds. The van der Waals surface area contributed by atoms with E-state index in [-0.39, 0.29) is 11.9 Å². The molecule has 1 aliphatic heterocycles. The van der Waals surface area contributed by atoms with Gasteiger partial charge in [-0.25, -0.2) is 8.78 Å². The highest BCUT2D eigenvalue weighted by molar-refractivity contribution is 9.10. The molecule has 2 unspecified atom stereocenters. The predicted molar refractivity (Wildman–Crippen MR) is 67.6 cm³/mol. The average Bonchev–Trinajstić information content (AvgIpc) is 2.83. The van der Waals surface area contributed by atoms with Crippen LogP contribution in [0, 0.1) is 23.5 Å². The molecule has 1 aromatic rings. The van der Waals surface area contributed by atoms with Crippen molar-refractivity contribution in [2.75, 3.05) is 13.1 Å². The Morgan fingerprint density at radius 2 is 1.67 bits per heavy atom. The molecule has 1 saturated heterocycles. The van der Waals surface area contributed by atoms with E-state index >= 15 is 0 Å². The molecule has 3 rings (SSSR count). The lowest BCUT2D eigenvalue weighted by Crippen LogP contribution is -2.19. The topological polar surface area (TPSA) is 21.3 Å². The van der Waals surface area contributed by atoms with Crippen LogP contribution in [0.3, 0.4) is 0 Å². The number of nitrogens with one attached hydrogen (secondary N) is 1. The number of rotatable bonds is 2. The van der Waals surface area contributed by atoms with Crippen molar-refractivity contribution < 1.29 is 13.5 Å². The Labute approximate surface area is 113 Å². The minimum atomic E-state index is -0.642. The van der Waals surface area contributed by atoms with Crippen molar-refractivity contribution in [3.8, 4) is 5.75 Å². The molecule has 2 nitrogen and oxygen atoms in total. The number of hydrogen-bond acceptors (Lipinski definition) is 2. The number of benzene rings is 1. The van der Waals surface area contributed by atoms with Gasteiger partial charge in [0, 0.05) is 4.47 Å². The van der Waals surface area contributed by atoms with Crippen LogP contribution in [0.1, 0.15) is 12.8 Å². The Balaban J connectivity index is 1.74. The Kier molecular flexibility index (Phi) is 3.28. The second-order valence-corrected chi connectivity index (χ2v) is 6.00. The summed E-state index contributed by atoms with van der Waals surface area (Å²) in [6, 6.07) is 2.46. The molecule has 5 heteroatoms. The van der Waals surface area contributed by atoms with Gasteiger partial charge in [0.2, 0.25) is 0 Å². The minimum absolute atomic E-state index is 0.0627. The molecular weight excluding hydrogens is 304 g/mol. The van der Waals surface area contributed by atoms with Gasteiger partial charge in [-0.2, -0.15) is 0 Å². The maximum atomic E-state index is 13.6. The smallest absolute Gasteiger partial charge is 0.191 e. The maximum Gasteiger partial charge on any atom is 0.191 e. The van der Waals surface area contributed by atoms with Gasteiger partial charge < -0.3 is 10.1 Å². The molecule has 2 aliphatic rings. The second kappa shape index (κ2) is 4.78. The van der Waals surface area contributed by atoms with Gasteiger partial charge in [-0.15, -0.1) is 0 Å². The third kappa shape index (κ3) is 2.26. The summed E-state index contributed by atoms with van der Waals surface area (Å²) in [5.74, 6) is -0.335. The van der Waals surface area contributed by atoms with Crippen molar-refractivity contribution in [2.45, 2.75) is 18.9 Å². The van der Waals surface area contributed by atoms with Crippen LogP contribution in [-0.2, 0) is 0 Å². The zero-order chi connectivity index (χ0) is 12.7. The molecule has 18 heavy (non-hydrogen) atoms. The predicted octanol–water partition coefficient (Wildman–Crippen LogP) is 3.10. The Bertz CT molecular complexity index is 433. The van der Waals surface area contributed by atoms with Crippen LogP contribution in [0.15, 0.2) is 16.6 Å². The van der Waals surface area contributed by atoms with Crippen molar-refractivity contribution in [2.24, 2.45) is 11.8 Å². The van der Waals surface area contributed by atoms with Gasteiger partial charge in [0.15, 0.2) is 17.4 Å². The van der Waals surface area contributed by atoms with Crippen LogP contribution in [0.4, 0.5) is 8.78 Å². The molecule has 2 fully saturated rings. The molecule has 1 N–H and O–H groups in total. The van der Waals surface area contributed by atoms with E-state index in [4.69, 9.17) is 4.74 Å². The van der Waals surface area contributed by atoms with Crippen LogP contribution in [0.25, 0.3) is 0 Å². The summed E-state index contributed by atoms with van der Waals surface area (Å²) in [5, 5.41) is 3.33. The summed E-state index contributed by atoms with van der Waals surface area (Å²) < 4.78 is 33.2. The third-order valence-corrected chi connectivity index (χ3v) is 4.32. The van der Waals surface area contributed by atoms with Gasteiger partial charge in [-0.05, 0) is 49.9 Å². The van der Waals surface area contributed by atoms with Crippen LogP contribution in [0.5, 0.6) is 5.75 Å². The lowest BCUT2D eigenvalue weighted by Gasteiger charge is -2.16. The maximum absolute atomic E-state index is 13.6. The summed E-state index contributed by atoms with van der Waals surface area (Å²) in [6.07, 6.45) is 1.70. The highest BCUT2D eigenvalue weighted by Crippen LogP contribution is 2.37. The first-order valence-corrected chi connectivity index (χ1v) is 6.94. The summed E-state index contributed by atoms with van der Waals surface area (Å²) >= 11 is 3.06. The van der Waals surface area contributed by atoms with E-state index in [9.17, 15) is 8.78 Å². The number of halogens is 3. The summed E-state index contributed by atoms with van der Waals surface area (Å²) in [7, 11) is 0. The summed E-state index contributed by atoms with van der Waals surface area (Å²) in [5.41, 5.74) is 0. The molecule has 1 aromatic carbocycles. The van der Waals surface area contributed by atoms with E-state index in [0.29, 0.717) is 16.3 Å². The van der Waals surface area contributed by atoms with Crippen molar-refractivity contribution in [3.63, 3.8) is 0 Å². The fourth-order valence-corrected chi connectivity index (χ4v) is 3.42. The van der Waals surface area contributed by atoms with Gasteiger partial charge in [0.1, 0.15) is 0 Å². The highest BCUT2D eigenvalue weighted by Gasteiger charge is 2.38. The molecule has 2 atom stereocenters. The SMILES string of the molecule is Fc1cc(Br)cc(F)c1OC1CC2CNCC2C1. The first-order valence-electron chi connectivity index (χ1n) is 6.15. The Hall–Kier alpha value is -0.680. The Morgan fingerprint density at radius 1 is 1.11 bits per heavy atom. The highest BCUT2D eigenvalue weighted by atomic mass is 79.9. The number of hydrogen-bond donors (Lipinski definition) is 1. The van der Waals surface area contributed by atoms with Gasteiger partial charge in [0.25, 0.3) is 0 Å². The fraction of sp³-hybridized carbons (Fsp3) is 0.538. The van der Waals surface area contributed by atoms with Gasteiger partial charge >= 0.3 is 0 Å². The number of fused-ring (bicyclic) bond motifs is 1. The lowest BCUT2D eigenvalue weighted by molar-refractivity contribution is 0.181. The van der Waals surface area contributed by atoms with Crippen molar-refractivity contribution in [3.05, 3.63) is 28.2 Å². The summed E-state index contributed by atoms with van der Waals surface area (Å²) in [6.45, 7) is 1.99. The van der Waals surface area contributed by atoms with Crippen molar-refractivity contribution >= 4 is 15.9 Å². The zero-order valence-electron chi connectivity index (χ0n) is 9.76.